The zero-order chi connectivity index (χ0) is 13.0. The number of carbonyl (C=O) groups excluding carboxylic acids is 2. The van der Waals surface area contributed by atoms with Crippen molar-refractivity contribution in [3.05, 3.63) is 24.0 Å². The van der Waals surface area contributed by atoms with Gasteiger partial charge in [0.05, 0.1) is 18.4 Å². The van der Waals surface area contributed by atoms with E-state index in [0.717, 1.165) is 12.1 Å². The fourth-order valence-corrected chi connectivity index (χ4v) is 1.81. The molecule has 1 aromatic rings. The molecule has 0 spiro atoms. The second-order valence-corrected chi connectivity index (χ2v) is 4.11. The number of aromatic nitrogens is 1. The van der Waals surface area contributed by atoms with Crippen LogP contribution >= 0.6 is 0 Å². The van der Waals surface area contributed by atoms with Gasteiger partial charge in [-0.1, -0.05) is 0 Å². The summed E-state index contributed by atoms with van der Waals surface area (Å²) in [5.41, 5.74) is 1.21. The van der Waals surface area contributed by atoms with Crippen molar-refractivity contribution in [3.8, 4) is 0 Å². The maximum Gasteiger partial charge on any atom is 0.272 e. The second kappa shape index (κ2) is 5.48. The zero-order valence-corrected chi connectivity index (χ0v) is 10.3. The summed E-state index contributed by atoms with van der Waals surface area (Å²) in [5, 5.41) is 5.67. The minimum absolute atomic E-state index is 0.105. The Labute approximate surface area is 105 Å². The number of amides is 2. The van der Waals surface area contributed by atoms with E-state index in [9.17, 15) is 9.59 Å². The average molecular weight is 248 g/mol. The van der Waals surface area contributed by atoms with E-state index in [-0.39, 0.29) is 18.4 Å². The van der Waals surface area contributed by atoms with Crippen LogP contribution in [0.5, 0.6) is 0 Å². The highest BCUT2D eigenvalue weighted by Gasteiger charge is 2.21. The van der Waals surface area contributed by atoms with Gasteiger partial charge in [0.2, 0.25) is 5.91 Å². The highest BCUT2D eigenvalue weighted by molar-refractivity contribution is 5.95. The Morgan fingerprint density at radius 3 is 3.00 bits per heavy atom. The Morgan fingerprint density at radius 1 is 1.50 bits per heavy atom. The summed E-state index contributed by atoms with van der Waals surface area (Å²) in [4.78, 5) is 29.2. The number of anilines is 1. The molecule has 0 aliphatic carbocycles. The van der Waals surface area contributed by atoms with E-state index < -0.39 is 0 Å². The zero-order valence-electron chi connectivity index (χ0n) is 10.3. The molecular weight excluding hydrogens is 232 g/mol. The van der Waals surface area contributed by atoms with Gasteiger partial charge in [-0.15, -0.1) is 0 Å². The maximum atomic E-state index is 12.2. The SMILES string of the molecule is CNc1ccc(C(=O)N2CCCNC(=O)C2)nc1. The molecule has 0 aromatic carbocycles. The Morgan fingerprint density at radius 2 is 2.33 bits per heavy atom. The van der Waals surface area contributed by atoms with E-state index in [2.05, 4.69) is 15.6 Å². The van der Waals surface area contributed by atoms with Gasteiger partial charge in [-0.2, -0.15) is 0 Å². The number of rotatable bonds is 2. The van der Waals surface area contributed by atoms with E-state index >= 15 is 0 Å². The standard InChI is InChI=1S/C12H16N4O2/c1-13-9-3-4-10(15-7-9)12(18)16-6-2-5-14-11(17)8-16/h3-4,7,13H,2,5-6,8H2,1H3,(H,14,17). The molecule has 6 heteroatoms. The summed E-state index contributed by atoms with van der Waals surface area (Å²) in [6.45, 7) is 1.30. The summed E-state index contributed by atoms with van der Waals surface area (Å²) in [7, 11) is 1.79. The molecule has 0 saturated carbocycles. The first-order valence-electron chi connectivity index (χ1n) is 5.90. The molecular formula is C12H16N4O2. The molecule has 1 aromatic heterocycles. The monoisotopic (exact) mass is 248 g/mol. The van der Waals surface area contributed by atoms with Gasteiger partial charge in [-0.05, 0) is 18.6 Å². The van der Waals surface area contributed by atoms with Crippen LogP contribution in [-0.2, 0) is 4.79 Å². The number of carbonyl (C=O) groups is 2. The highest BCUT2D eigenvalue weighted by atomic mass is 16.2. The lowest BCUT2D eigenvalue weighted by Crippen LogP contribution is -2.37. The molecule has 1 aliphatic rings. The predicted molar refractivity (Wildman–Crippen MR) is 67.3 cm³/mol. The fraction of sp³-hybridized carbons (Fsp3) is 0.417. The van der Waals surface area contributed by atoms with Crippen LogP contribution in [0.3, 0.4) is 0 Å². The molecule has 18 heavy (non-hydrogen) atoms. The van der Waals surface area contributed by atoms with E-state index in [1.807, 2.05) is 0 Å². The summed E-state index contributed by atoms with van der Waals surface area (Å²) in [6.07, 6.45) is 2.37. The molecule has 2 amide bonds. The first-order valence-corrected chi connectivity index (χ1v) is 5.90. The lowest BCUT2D eigenvalue weighted by Gasteiger charge is -2.18. The van der Waals surface area contributed by atoms with Gasteiger partial charge in [0, 0.05) is 20.1 Å². The van der Waals surface area contributed by atoms with Gasteiger partial charge in [0.25, 0.3) is 5.91 Å². The van der Waals surface area contributed by atoms with Gasteiger partial charge in [0.15, 0.2) is 0 Å². The molecule has 2 rings (SSSR count). The Kier molecular flexibility index (Phi) is 3.76. The molecule has 0 atom stereocenters. The van der Waals surface area contributed by atoms with Crippen molar-refractivity contribution in [2.45, 2.75) is 6.42 Å². The van der Waals surface area contributed by atoms with Gasteiger partial charge in [-0.3, -0.25) is 9.59 Å². The van der Waals surface area contributed by atoms with Crippen LogP contribution in [0.2, 0.25) is 0 Å². The van der Waals surface area contributed by atoms with Crippen LogP contribution in [0.1, 0.15) is 16.9 Å². The fourth-order valence-electron chi connectivity index (χ4n) is 1.81. The molecule has 2 N–H and O–H groups in total. The summed E-state index contributed by atoms with van der Waals surface area (Å²) in [5.74, 6) is -0.317. The van der Waals surface area contributed by atoms with E-state index in [0.29, 0.717) is 18.8 Å². The van der Waals surface area contributed by atoms with Crippen molar-refractivity contribution in [1.82, 2.24) is 15.2 Å². The summed E-state index contributed by atoms with van der Waals surface area (Å²) < 4.78 is 0. The number of nitrogens with one attached hydrogen (secondary N) is 2. The number of nitrogens with zero attached hydrogens (tertiary/aromatic N) is 2. The topological polar surface area (TPSA) is 74.3 Å². The Balaban J connectivity index is 2.11. The molecule has 1 saturated heterocycles. The van der Waals surface area contributed by atoms with Crippen molar-refractivity contribution in [2.75, 3.05) is 32.0 Å². The number of pyridine rings is 1. The minimum atomic E-state index is -0.199. The highest BCUT2D eigenvalue weighted by Crippen LogP contribution is 2.08. The van der Waals surface area contributed by atoms with Gasteiger partial charge in [-0.25, -0.2) is 4.98 Å². The molecule has 0 bridgehead atoms. The Bertz CT molecular complexity index is 444. The van der Waals surface area contributed by atoms with E-state index in [4.69, 9.17) is 0 Å². The maximum absolute atomic E-state index is 12.2. The third-order valence-corrected chi connectivity index (χ3v) is 2.82. The lowest BCUT2D eigenvalue weighted by atomic mass is 10.3. The smallest absolute Gasteiger partial charge is 0.272 e. The average Bonchev–Trinajstić information content (AvgIpc) is 2.63. The van der Waals surface area contributed by atoms with Crippen LogP contribution in [0, 0.1) is 0 Å². The van der Waals surface area contributed by atoms with Crippen molar-refractivity contribution < 1.29 is 9.59 Å². The van der Waals surface area contributed by atoms with Crippen molar-refractivity contribution in [2.24, 2.45) is 0 Å². The molecule has 0 radical (unpaired) electrons. The van der Waals surface area contributed by atoms with E-state index in [1.165, 1.54) is 4.90 Å². The molecule has 0 unspecified atom stereocenters. The van der Waals surface area contributed by atoms with Crippen LogP contribution < -0.4 is 10.6 Å². The van der Waals surface area contributed by atoms with Crippen LogP contribution in [0.25, 0.3) is 0 Å². The van der Waals surface area contributed by atoms with Gasteiger partial charge >= 0.3 is 0 Å². The normalized spacial score (nSPS) is 15.8. The molecule has 96 valence electrons. The van der Waals surface area contributed by atoms with Crippen molar-refractivity contribution >= 4 is 17.5 Å². The quantitative estimate of drug-likeness (QED) is 0.777. The summed E-state index contributed by atoms with van der Waals surface area (Å²) >= 11 is 0. The third-order valence-electron chi connectivity index (χ3n) is 2.82. The van der Waals surface area contributed by atoms with E-state index in [1.54, 1.807) is 25.4 Å². The largest absolute Gasteiger partial charge is 0.387 e. The predicted octanol–water partition coefficient (Wildman–Crippen LogP) is 0.0854. The minimum Gasteiger partial charge on any atom is -0.387 e. The van der Waals surface area contributed by atoms with Crippen molar-refractivity contribution in [3.63, 3.8) is 0 Å². The third kappa shape index (κ3) is 2.77. The van der Waals surface area contributed by atoms with Crippen LogP contribution in [-0.4, -0.2) is 48.4 Å². The van der Waals surface area contributed by atoms with Crippen LogP contribution in [0.4, 0.5) is 5.69 Å². The first kappa shape index (κ1) is 12.3. The first-order chi connectivity index (χ1) is 8.70. The van der Waals surface area contributed by atoms with Crippen LogP contribution in [0.15, 0.2) is 18.3 Å². The molecule has 2 heterocycles. The number of hydrogen-bond acceptors (Lipinski definition) is 4. The molecule has 6 nitrogen and oxygen atoms in total. The summed E-state index contributed by atoms with van der Waals surface area (Å²) in [6, 6.07) is 3.45. The molecule has 1 aliphatic heterocycles. The van der Waals surface area contributed by atoms with Gasteiger partial charge < -0.3 is 15.5 Å². The molecule has 1 fully saturated rings. The van der Waals surface area contributed by atoms with Crippen molar-refractivity contribution in [1.29, 1.82) is 0 Å². The number of hydrogen-bond donors (Lipinski definition) is 2. The lowest BCUT2D eigenvalue weighted by molar-refractivity contribution is -0.121. The Hall–Kier alpha value is -2.11. The van der Waals surface area contributed by atoms with Gasteiger partial charge in [0.1, 0.15) is 5.69 Å². The second-order valence-electron chi connectivity index (χ2n) is 4.11.